The van der Waals surface area contributed by atoms with Gasteiger partial charge in [0.25, 0.3) is 0 Å². The molecular formula is C16H13Br3ClF. The molecule has 0 aromatic heterocycles. The van der Waals surface area contributed by atoms with E-state index in [4.69, 9.17) is 11.6 Å². The van der Waals surface area contributed by atoms with Crippen LogP contribution in [0.15, 0.2) is 46.9 Å². The molecule has 0 N–H and O–H groups in total. The fourth-order valence-corrected chi connectivity index (χ4v) is 4.82. The molecule has 0 aliphatic heterocycles. The summed E-state index contributed by atoms with van der Waals surface area (Å²) in [6.45, 7) is 0. The Morgan fingerprint density at radius 1 is 1.05 bits per heavy atom. The molecule has 0 saturated heterocycles. The van der Waals surface area contributed by atoms with Gasteiger partial charge in [-0.3, -0.25) is 0 Å². The van der Waals surface area contributed by atoms with Gasteiger partial charge >= 0.3 is 0 Å². The smallest absolute Gasteiger partial charge is 0.145 e. The Morgan fingerprint density at radius 3 is 2.33 bits per heavy atom. The molecule has 112 valence electrons. The highest BCUT2D eigenvalue weighted by Crippen LogP contribution is 2.35. The Kier molecular flexibility index (Phi) is 6.30. The van der Waals surface area contributed by atoms with Crippen molar-refractivity contribution in [3.8, 4) is 0 Å². The second-order valence-electron chi connectivity index (χ2n) is 4.95. The third kappa shape index (κ3) is 3.90. The zero-order valence-corrected chi connectivity index (χ0v) is 16.6. The maximum atomic E-state index is 14.2. The van der Waals surface area contributed by atoms with Crippen molar-refractivity contribution in [3.05, 3.63) is 68.9 Å². The van der Waals surface area contributed by atoms with Gasteiger partial charge < -0.3 is 0 Å². The van der Waals surface area contributed by atoms with Crippen molar-refractivity contribution in [3.63, 3.8) is 0 Å². The maximum Gasteiger partial charge on any atom is 0.145 e. The van der Waals surface area contributed by atoms with Gasteiger partial charge in [-0.25, -0.2) is 4.39 Å². The third-order valence-electron chi connectivity index (χ3n) is 3.51. The van der Waals surface area contributed by atoms with Crippen LogP contribution < -0.4 is 0 Å². The molecule has 2 aromatic rings. The van der Waals surface area contributed by atoms with Crippen LogP contribution in [0.2, 0.25) is 5.02 Å². The van der Waals surface area contributed by atoms with Crippen molar-refractivity contribution in [2.75, 3.05) is 10.7 Å². The molecular weight excluding hydrogens is 486 g/mol. The molecule has 0 atom stereocenters. The maximum absolute atomic E-state index is 14.2. The number of rotatable bonds is 5. The molecule has 2 aromatic carbocycles. The Balaban J connectivity index is 2.45. The van der Waals surface area contributed by atoms with Gasteiger partial charge in [-0.15, -0.1) is 0 Å². The zero-order chi connectivity index (χ0) is 15.5. The van der Waals surface area contributed by atoms with Crippen LogP contribution in [0.5, 0.6) is 0 Å². The minimum atomic E-state index is -0.333. The van der Waals surface area contributed by atoms with Crippen molar-refractivity contribution in [2.45, 2.75) is 11.8 Å². The molecule has 5 heteroatoms. The van der Waals surface area contributed by atoms with Crippen molar-refractivity contribution in [2.24, 2.45) is 0 Å². The van der Waals surface area contributed by atoms with Crippen LogP contribution >= 0.6 is 59.4 Å². The molecule has 21 heavy (non-hydrogen) atoms. The first kappa shape index (κ1) is 17.5. The van der Waals surface area contributed by atoms with Crippen LogP contribution in [0.3, 0.4) is 0 Å². The van der Waals surface area contributed by atoms with Crippen molar-refractivity contribution >= 4 is 59.4 Å². The lowest BCUT2D eigenvalue weighted by molar-refractivity contribution is 0.523. The Morgan fingerprint density at radius 2 is 1.71 bits per heavy atom. The van der Waals surface area contributed by atoms with Gasteiger partial charge in [0.15, 0.2) is 0 Å². The van der Waals surface area contributed by atoms with Crippen LogP contribution in [0.4, 0.5) is 4.39 Å². The molecule has 0 unspecified atom stereocenters. The molecule has 0 heterocycles. The summed E-state index contributed by atoms with van der Waals surface area (Å²) in [5, 5.41) is 1.60. The molecule has 2 rings (SSSR count). The first-order valence-electron chi connectivity index (χ1n) is 6.33. The van der Waals surface area contributed by atoms with E-state index in [1.54, 1.807) is 18.2 Å². The van der Waals surface area contributed by atoms with Gasteiger partial charge in [0, 0.05) is 20.5 Å². The van der Waals surface area contributed by atoms with E-state index in [1.165, 1.54) is 0 Å². The molecule has 0 aliphatic carbocycles. The van der Waals surface area contributed by atoms with Crippen molar-refractivity contribution in [1.29, 1.82) is 0 Å². The highest BCUT2D eigenvalue weighted by Gasteiger charge is 2.32. The van der Waals surface area contributed by atoms with Crippen LogP contribution in [0.1, 0.15) is 11.1 Å². The number of hydrogen-bond donors (Lipinski definition) is 0. The fraction of sp³-hybridized carbons (Fsp3) is 0.250. The lowest BCUT2D eigenvalue weighted by Gasteiger charge is -2.31. The summed E-state index contributed by atoms with van der Waals surface area (Å²) < 4.78 is 15.2. The second-order valence-corrected chi connectivity index (χ2v) is 7.39. The number of halogens is 5. The van der Waals surface area contributed by atoms with Crippen LogP contribution in [-0.2, 0) is 11.8 Å². The van der Waals surface area contributed by atoms with Crippen LogP contribution in [0, 0.1) is 5.82 Å². The average Bonchev–Trinajstić information content (AvgIpc) is 2.49. The van der Waals surface area contributed by atoms with Crippen LogP contribution in [-0.4, -0.2) is 10.7 Å². The van der Waals surface area contributed by atoms with E-state index in [1.807, 2.05) is 12.1 Å². The van der Waals surface area contributed by atoms with Gasteiger partial charge in [-0.2, -0.15) is 0 Å². The quantitative estimate of drug-likeness (QED) is 0.412. The first-order valence-corrected chi connectivity index (χ1v) is 9.74. The standard InChI is InChI=1S/C16H13Br3ClF/c17-9-16(10-18,12-4-2-5-13(19)7-12)8-11-3-1-6-14(20)15(11)21/h1-7H,8-10H2. The van der Waals surface area contributed by atoms with E-state index in [9.17, 15) is 4.39 Å². The monoisotopic (exact) mass is 496 g/mol. The lowest BCUT2D eigenvalue weighted by Crippen LogP contribution is -2.33. The highest BCUT2D eigenvalue weighted by molar-refractivity contribution is 9.10. The Hall–Kier alpha value is 0.1000. The zero-order valence-electron chi connectivity index (χ0n) is 11.1. The molecule has 0 saturated carbocycles. The van der Waals surface area contributed by atoms with Gasteiger partial charge in [0.1, 0.15) is 5.82 Å². The highest BCUT2D eigenvalue weighted by atomic mass is 79.9. The van der Waals surface area contributed by atoms with Crippen molar-refractivity contribution in [1.82, 2.24) is 0 Å². The molecule has 0 nitrogen and oxygen atoms in total. The molecule has 0 fully saturated rings. The van der Waals surface area contributed by atoms with Crippen molar-refractivity contribution < 1.29 is 4.39 Å². The summed E-state index contributed by atoms with van der Waals surface area (Å²) in [6, 6.07) is 13.3. The predicted molar refractivity (Wildman–Crippen MR) is 98.5 cm³/mol. The SMILES string of the molecule is Fc1c(Cl)cccc1CC(CBr)(CBr)c1cccc(Br)c1. The summed E-state index contributed by atoms with van der Waals surface area (Å²) in [6.07, 6.45) is 0.562. The van der Waals surface area contributed by atoms with Gasteiger partial charge in [-0.1, -0.05) is 83.7 Å². The minimum absolute atomic E-state index is 0.166. The van der Waals surface area contributed by atoms with Gasteiger partial charge in [-0.05, 0) is 35.7 Å². The summed E-state index contributed by atoms with van der Waals surface area (Å²) in [5.74, 6) is -0.333. The molecule has 0 radical (unpaired) electrons. The topological polar surface area (TPSA) is 0 Å². The summed E-state index contributed by atoms with van der Waals surface area (Å²) in [4.78, 5) is 0. The summed E-state index contributed by atoms with van der Waals surface area (Å²) >= 11 is 16.6. The first-order chi connectivity index (χ1) is 10.0. The van der Waals surface area contributed by atoms with E-state index in [0.717, 1.165) is 10.0 Å². The number of benzene rings is 2. The van der Waals surface area contributed by atoms with E-state index >= 15 is 0 Å². The normalized spacial score (nSPS) is 11.7. The van der Waals surface area contributed by atoms with Crippen LogP contribution in [0.25, 0.3) is 0 Å². The molecule has 0 spiro atoms. The Bertz CT molecular complexity index is 627. The fourth-order valence-electron chi connectivity index (χ4n) is 2.25. The minimum Gasteiger partial charge on any atom is -0.205 e. The summed E-state index contributed by atoms with van der Waals surface area (Å²) in [7, 11) is 0. The van der Waals surface area contributed by atoms with E-state index in [2.05, 4.69) is 59.9 Å². The number of alkyl halides is 2. The van der Waals surface area contributed by atoms with E-state index in [-0.39, 0.29) is 16.3 Å². The largest absolute Gasteiger partial charge is 0.205 e. The molecule has 0 aliphatic rings. The Labute approximate surface area is 154 Å². The average molecular weight is 499 g/mol. The predicted octanol–water partition coefficient (Wildman–Crippen LogP) is 6.51. The number of hydrogen-bond acceptors (Lipinski definition) is 0. The van der Waals surface area contributed by atoms with Gasteiger partial charge in [0.05, 0.1) is 5.02 Å². The molecule has 0 bridgehead atoms. The summed E-state index contributed by atoms with van der Waals surface area (Å²) in [5.41, 5.74) is 1.53. The lowest BCUT2D eigenvalue weighted by atomic mass is 9.79. The van der Waals surface area contributed by atoms with E-state index < -0.39 is 0 Å². The van der Waals surface area contributed by atoms with Gasteiger partial charge in [0.2, 0.25) is 0 Å². The molecule has 0 amide bonds. The van der Waals surface area contributed by atoms with E-state index in [0.29, 0.717) is 22.6 Å². The third-order valence-corrected chi connectivity index (χ3v) is 6.44. The second kappa shape index (κ2) is 7.58.